The molecule has 0 atom stereocenters. The first-order valence-corrected chi connectivity index (χ1v) is 4.49. The minimum atomic E-state index is 0.628. The maximum absolute atomic E-state index is 5.56. The van der Waals surface area contributed by atoms with Gasteiger partial charge in [-0.1, -0.05) is 30.9 Å². The number of fused-ring (bicyclic) bond motifs is 1. The molecule has 14 heavy (non-hydrogen) atoms. The lowest BCUT2D eigenvalue weighted by molar-refractivity contribution is 0.625. The van der Waals surface area contributed by atoms with E-state index in [0.717, 1.165) is 16.5 Å². The van der Waals surface area contributed by atoms with E-state index in [9.17, 15) is 0 Å². The highest BCUT2D eigenvalue weighted by molar-refractivity contribution is 5.92. The van der Waals surface area contributed by atoms with Crippen LogP contribution in [0.25, 0.3) is 17.0 Å². The van der Waals surface area contributed by atoms with Crippen LogP contribution in [0.3, 0.4) is 0 Å². The van der Waals surface area contributed by atoms with E-state index in [1.165, 1.54) is 0 Å². The topological polar surface area (TPSA) is 25.5 Å². The van der Waals surface area contributed by atoms with Crippen molar-refractivity contribution in [3.05, 3.63) is 36.4 Å². The SMILES string of the molecule is C=Cc1c(N=CC)oc2ccccc12. The van der Waals surface area contributed by atoms with Crippen molar-refractivity contribution in [2.45, 2.75) is 6.92 Å². The fraction of sp³-hybridized carbons (Fsp3) is 0.0833. The molecule has 2 heteroatoms. The van der Waals surface area contributed by atoms with Crippen molar-refractivity contribution in [2.24, 2.45) is 4.99 Å². The first kappa shape index (κ1) is 8.75. The summed E-state index contributed by atoms with van der Waals surface area (Å²) in [5, 5.41) is 1.06. The van der Waals surface area contributed by atoms with Crippen molar-refractivity contribution < 1.29 is 4.42 Å². The van der Waals surface area contributed by atoms with E-state index in [1.54, 1.807) is 12.3 Å². The molecule has 0 saturated carbocycles. The van der Waals surface area contributed by atoms with Gasteiger partial charge in [0, 0.05) is 17.2 Å². The zero-order valence-electron chi connectivity index (χ0n) is 8.03. The molecule has 0 N–H and O–H groups in total. The number of rotatable bonds is 2. The van der Waals surface area contributed by atoms with Crippen molar-refractivity contribution in [1.29, 1.82) is 0 Å². The Morgan fingerprint density at radius 2 is 2.14 bits per heavy atom. The maximum atomic E-state index is 5.56. The third-order valence-electron chi connectivity index (χ3n) is 2.06. The van der Waals surface area contributed by atoms with Crippen LogP contribution in [0.15, 0.2) is 40.3 Å². The van der Waals surface area contributed by atoms with Gasteiger partial charge >= 0.3 is 0 Å². The van der Waals surface area contributed by atoms with Crippen LogP contribution in [0, 0.1) is 0 Å². The first-order chi connectivity index (χ1) is 6.86. The summed E-state index contributed by atoms with van der Waals surface area (Å²) in [5.41, 5.74) is 1.81. The van der Waals surface area contributed by atoms with Crippen molar-refractivity contribution >= 4 is 29.1 Å². The van der Waals surface area contributed by atoms with E-state index < -0.39 is 0 Å². The third-order valence-corrected chi connectivity index (χ3v) is 2.06. The quantitative estimate of drug-likeness (QED) is 0.653. The highest BCUT2D eigenvalue weighted by Gasteiger charge is 2.08. The highest BCUT2D eigenvalue weighted by atomic mass is 16.3. The Morgan fingerprint density at radius 1 is 1.36 bits per heavy atom. The first-order valence-electron chi connectivity index (χ1n) is 4.49. The van der Waals surface area contributed by atoms with Crippen LogP contribution in [-0.2, 0) is 0 Å². The lowest BCUT2D eigenvalue weighted by atomic mass is 10.1. The van der Waals surface area contributed by atoms with Crippen LogP contribution in [0.2, 0.25) is 0 Å². The van der Waals surface area contributed by atoms with E-state index >= 15 is 0 Å². The number of hydrogen-bond acceptors (Lipinski definition) is 2. The van der Waals surface area contributed by atoms with Crippen LogP contribution in [0.5, 0.6) is 0 Å². The standard InChI is InChI=1S/C12H11NO/c1-3-9-10-7-5-6-8-11(10)14-12(9)13-4-2/h3-8H,1H2,2H3. The van der Waals surface area contributed by atoms with Crippen molar-refractivity contribution in [3.8, 4) is 0 Å². The van der Waals surface area contributed by atoms with Crippen LogP contribution in [-0.4, -0.2) is 6.21 Å². The fourth-order valence-electron chi connectivity index (χ4n) is 1.46. The average molecular weight is 185 g/mol. The Hall–Kier alpha value is -1.83. The van der Waals surface area contributed by atoms with E-state index in [0.29, 0.717) is 5.88 Å². The predicted molar refractivity (Wildman–Crippen MR) is 60.1 cm³/mol. The summed E-state index contributed by atoms with van der Waals surface area (Å²) in [6, 6.07) is 7.85. The van der Waals surface area contributed by atoms with E-state index in [2.05, 4.69) is 11.6 Å². The van der Waals surface area contributed by atoms with Gasteiger partial charge in [0.2, 0.25) is 5.88 Å². The molecule has 1 aromatic carbocycles. The van der Waals surface area contributed by atoms with Gasteiger partial charge in [0.15, 0.2) is 0 Å². The van der Waals surface area contributed by atoms with Gasteiger partial charge in [0.1, 0.15) is 5.58 Å². The Bertz CT molecular complexity index is 494. The number of benzene rings is 1. The van der Waals surface area contributed by atoms with Gasteiger partial charge in [0.05, 0.1) is 0 Å². The lowest BCUT2D eigenvalue weighted by Gasteiger charge is -1.88. The molecule has 2 rings (SSSR count). The summed E-state index contributed by atoms with van der Waals surface area (Å²) in [5.74, 6) is 0.628. The number of aliphatic imine (C=N–C) groups is 1. The molecular weight excluding hydrogens is 174 g/mol. The molecule has 0 aliphatic carbocycles. The van der Waals surface area contributed by atoms with Crippen molar-refractivity contribution in [1.82, 2.24) is 0 Å². The molecule has 0 radical (unpaired) electrons. The smallest absolute Gasteiger partial charge is 0.226 e. The normalized spacial score (nSPS) is 11.2. The summed E-state index contributed by atoms with van der Waals surface area (Å²) in [6.45, 7) is 5.62. The Morgan fingerprint density at radius 3 is 2.86 bits per heavy atom. The molecule has 0 bridgehead atoms. The second-order valence-electron chi connectivity index (χ2n) is 2.91. The number of furan rings is 1. The predicted octanol–water partition coefficient (Wildman–Crippen LogP) is 3.80. The van der Waals surface area contributed by atoms with E-state index in [-0.39, 0.29) is 0 Å². The molecule has 1 aromatic heterocycles. The monoisotopic (exact) mass is 185 g/mol. The molecule has 0 aliphatic heterocycles. The van der Waals surface area contributed by atoms with Gasteiger partial charge in [-0.25, -0.2) is 4.99 Å². The van der Waals surface area contributed by atoms with Crippen molar-refractivity contribution in [2.75, 3.05) is 0 Å². The number of hydrogen-bond donors (Lipinski definition) is 0. The molecule has 0 aliphatic rings. The maximum Gasteiger partial charge on any atom is 0.226 e. The molecule has 2 nitrogen and oxygen atoms in total. The largest absolute Gasteiger partial charge is 0.438 e. The Kier molecular flexibility index (Phi) is 2.19. The molecule has 70 valence electrons. The Balaban J connectivity index is 2.78. The third kappa shape index (κ3) is 1.25. The summed E-state index contributed by atoms with van der Waals surface area (Å²) in [4.78, 5) is 4.15. The highest BCUT2D eigenvalue weighted by Crippen LogP contribution is 2.32. The minimum absolute atomic E-state index is 0.628. The second kappa shape index (κ2) is 3.50. The number of nitrogens with zero attached hydrogens (tertiary/aromatic N) is 1. The van der Waals surface area contributed by atoms with E-state index in [4.69, 9.17) is 4.42 Å². The molecule has 2 aromatic rings. The van der Waals surface area contributed by atoms with Crippen LogP contribution < -0.4 is 0 Å². The summed E-state index contributed by atoms with van der Waals surface area (Å²) >= 11 is 0. The molecule has 0 saturated heterocycles. The van der Waals surface area contributed by atoms with Crippen LogP contribution in [0.4, 0.5) is 5.88 Å². The van der Waals surface area contributed by atoms with Gasteiger partial charge in [-0.05, 0) is 13.0 Å². The van der Waals surface area contributed by atoms with E-state index in [1.807, 2.05) is 31.2 Å². The van der Waals surface area contributed by atoms with Gasteiger partial charge in [0.25, 0.3) is 0 Å². The fourth-order valence-corrected chi connectivity index (χ4v) is 1.46. The summed E-state index contributed by atoms with van der Waals surface area (Å²) < 4.78 is 5.56. The van der Waals surface area contributed by atoms with Gasteiger partial charge in [-0.3, -0.25) is 0 Å². The number of para-hydroxylation sites is 1. The molecule has 0 spiro atoms. The van der Waals surface area contributed by atoms with Crippen molar-refractivity contribution in [3.63, 3.8) is 0 Å². The minimum Gasteiger partial charge on any atom is -0.438 e. The molecule has 0 fully saturated rings. The second-order valence-corrected chi connectivity index (χ2v) is 2.91. The molecule has 1 heterocycles. The zero-order valence-corrected chi connectivity index (χ0v) is 8.03. The van der Waals surface area contributed by atoms with Gasteiger partial charge < -0.3 is 4.42 Å². The zero-order chi connectivity index (χ0) is 9.97. The summed E-state index contributed by atoms with van der Waals surface area (Å²) in [7, 11) is 0. The van der Waals surface area contributed by atoms with Crippen LogP contribution in [0.1, 0.15) is 12.5 Å². The van der Waals surface area contributed by atoms with Crippen LogP contribution >= 0.6 is 0 Å². The Labute approximate surface area is 82.6 Å². The lowest BCUT2D eigenvalue weighted by Crippen LogP contribution is -1.67. The summed E-state index contributed by atoms with van der Waals surface area (Å²) in [6.07, 6.45) is 3.48. The van der Waals surface area contributed by atoms with Gasteiger partial charge in [-0.15, -0.1) is 0 Å². The van der Waals surface area contributed by atoms with Gasteiger partial charge in [-0.2, -0.15) is 0 Å². The molecule has 0 amide bonds. The molecular formula is C12H11NO. The molecule has 0 unspecified atom stereocenters. The average Bonchev–Trinajstić information content (AvgIpc) is 2.55.